The Balaban J connectivity index is 3.23. The standard InChI is InChI=1S/C7H18N2O2S/c1-9(2)6-4-3-5-7-12(8,10)11/h3-7H2,1-2H3,(H2,8,10,11). The summed E-state index contributed by atoms with van der Waals surface area (Å²) < 4.78 is 21.0. The van der Waals surface area contributed by atoms with Crippen LogP contribution in [-0.4, -0.2) is 39.7 Å². The van der Waals surface area contributed by atoms with Gasteiger partial charge in [0.15, 0.2) is 0 Å². The molecule has 2 N–H and O–H groups in total. The number of nitrogens with two attached hydrogens (primary N) is 1. The molecule has 0 fully saturated rings. The van der Waals surface area contributed by atoms with Gasteiger partial charge in [0.2, 0.25) is 10.0 Å². The van der Waals surface area contributed by atoms with Gasteiger partial charge in [0.25, 0.3) is 0 Å². The summed E-state index contributed by atoms with van der Waals surface area (Å²) in [4.78, 5) is 2.08. The van der Waals surface area contributed by atoms with E-state index in [-0.39, 0.29) is 5.75 Å². The molecule has 5 heteroatoms. The number of hydrogen-bond acceptors (Lipinski definition) is 3. The van der Waals surface area contributed by atoms with Crippen LogP contribution in [-0.2, 0) is 10.0 Å². The van der Waals surface area contributed by atoms with E-state index in [0.29, 0.717) is 6.42 Å². The molecule has 0 spiro atoms. The predicted molar refractivity (Wildman–Crippen MR) is 50.4 cm³/mol. The molecule has 0 radical (unpaired) electrons. The Morgan fingerprint density at radius 1 is 1.17 bits per heavy atom. The number of primary sulfonamides is 1. The van der Waals surface area contributed by atoms with Crippen molar-refractivity contribution in [3.8, 4) is 0 Å². The first-order valence-corrected chi connectivity index (χ1v) is 5.78. The largest absolute Gasteiger partial charge is 0.309 e. The normalized spacial score (nSPS) is 12.3. The van der Waals surface area contributed by atoms with Crippen LogP contribution >= 0.6 is 0 Å². The summed E-state index contributed by atoms with van der Waals surface area (Å²) in [6.45, 7) is 1.00. The quantitative estimate of drug-likeness (QED) is 0.606. The predicted octanol–water partition coefficient (Wildman–Crippen LogP) is 0.00680. The Morgan fingerprint density at radius 2 is 1.75 bits per heavy atom. The molecule has 0 aromatic heterocycles. The fraction of sp³-hybridized carbons (Fsp3) is 1.00. The van der Waals surface area contributed by atoms with E-state index in [4.69, 9.17) is 5.14 Å². The van der Waals surface area contributed by atoms with Gasteiger partial charge in [-0.25, -0.2) is 13.6 Å². The van der Waals surface area contributed by atoms with Gasteiger partial charge in [-0.3, -0.25) is 0 Å². The maximum absolute atomic E-state index is 10.5. The van der Waals surface area contributed by atoms with Crippen LogP contribution in [0.1, 0.15) is 19.3 Å². The van der Waals surface area contributed by atoms with Crippen LogP contribution < -0.4 is 5.14 Å². The number of sulfonamides is 1. The average molecular weight is 194 g/mol. The first-order chi connectivity index (χ1) is 5.42. The van der Waals surface area contributed by atoms with Gasteiger partial charge in [0, 0.05) is 0 Å². The fourth-order valence-corrected chi connectivity index (χ4v) is 1.51. The van der Waals surface area contributed by atoms with E-state index in [2.05, 4.69) is 4.90 Å². The maximum atomic E-state index is 10.5. The van der Waals surface area contributed by atoms with Crippen molar-refractivity contribution >= 4 is 10.0 Å². The number of rotatable bonds is 6. The van der Waals surface area contributed by atoms with Gasteiger partial charge in [-0.15, -0.1) is 0 Å². The summed E-state index contributed by atoms with van der Waals surface area (Å²) in [6, 6.07) is 0. The van der Waals surface area contributed by atoms with E-state index in [0.717, 1.165) is 19.4 Å². The lowest BCUT2D eigenvalue weighted by atomic mass is 10.2. The van der Waals surface area contributed by atoms with E-state index in [1.165, 1.54) is 0 Å². The lowest BCUT2D eigenvalue weighted by Crippen LogP contribution is -2.17. The molecular formula is C7H18N2O2S. The number of unbranched alkanes of at least 4 members (excludes halogenated alkanes) is 2. The Morgan fingerprint density at radius 3 is 2.17 bits per heavy atom. The molecule has 0 aliphatic heterocycles. The number of hydrogen-bond donors (Lipinski definition) is 1. The third kappa shape index (κ3) is 9.87. The van der Waals surface area contributed by atoms with Crippen molar-refractivity contribution in [3.63, 3.8) is 0 Å². The van der Waals surface area contributed by atoms with E-state index >= 15 is 0 Å². The molecule has 0 aliphatic carbocycles. The molecule has 0 unspecified atom stereocenters. The summed E-state index contributed by atoms with van der Waals surface area (Å²) in [6.07, 6.45) is 2.63. The van der Waals surface area contributed by atoms with Gasteiger partial charge in [-0.1, -0.05) is 6.42 Å². The Kier molecular flexibility index (Phi) is 5.44. The monoisotopic (exact) mass is 194 g/mol. The second-order valence-corrected chi connectivity index (χ2v) is 4.96. The van der Waals surface area contributed by atoms with E-state index in [9.17, 15) is 8.42 Å². The average Bonchev–Trinajstić information content (AvgIpc) is 1.83. The van der Waals surface area contributed by atoms with Gasteiger partial charge >= 0.3 is 0 Å². The molecule has 74 valence electrons. The third-order valence-corrected chi connectivity index (χ3v) is 2.39. The summed E-state index contributed by atoms with van der Waals surface area (Å²) >= 11 is 0. The molecule has 0 aliphatic rings. The van der Waals surface area contributed by atoms with Crippen LogP contribution in [0, 0.1) is 0 Å². The van der Waals surface area contributed by atoms with Crippen molar-refractivity contribution < 1.29 is 8.42 Å². The first kappa shape index (κ1) is 11.9. The Labute approximate surface area is 74.8 Å². The summed E-state index contributed by atoms with van der Waals surface area (Å²) in [5.41, 5.74) is 0. The summed E-state index contributed by atoms with van der Waals surface area (Å²) in [5, 5.41) is 4.84. The van der Waals surface area contributed by atoms with E-state index in [1.807, 2.05) is 14.1 Å². The second-order valence-electron chi connectivity index (χ2n) is 3.23. The van der Waals surface area contributed by atoms with Crippen LogP contribution in [0.15, 0.2) is 0 Å². The van der Waals surface area contributed by atoms with Crippen LogP contribution in [0.25, 0.3) is 0 Å². The zero-order chi connectivity index (χ0) is 9.61. The van der Waals surface area contributed by atoms with Crippen molar-refractivity contribution in [2.45, 2.75) is 19.3 Å². The van der Waals surface area contributed by atoms with E-state index in [1.54, 1.807) is 0 Å². The highest BCUT2D eigenvalue weighted by Gasteiger charge is 2.01. The van der Waals surface area contributed by atoms with Gasteiger partial charge in [0.1, 0.15) is 0 Å². The molecule has 0 saturated heterocycles. The summed E-state index contributed by atoms with van der Waals surface area (Å²) in [7, 11) is 0.761. The Hall–Kier alpha value is -0.130. The highest BCUT2D eigenvalue weighted by molar-refractivity contribution is 7.89. The second kappa shape index (κ2) is 5.50. The lowest BCUT2D eigenvalue weighted by Gasteiger charge is -2.07. The van der Waals surface area contributed by atoms with Crippen molar-refractivity contribution in [1.29, 1.82) is 0 Å². The highest BCUT2D eigenvalue weighted by Crippen LogP contribution is 1.97. The summed E-state index contributed by atoms with van der Waals surface area (Å²) in [5.74, 6) is 0.112. The molecule has 0 saturated carbocycles. The van der Waals surface area contributed by atoms with Crippen molar-refractivity contribution in [1.82, 2.24) is 4.90 Å². The van der Waals surface area contributed by atoms with Gasteiger partial charge in [-0.2, -0.15) is 0 Å². The molecular weight excluding hydrogens is 176 g/mol. The zero-order valence-corrected chi connectivity index (χ0v) is 8.60. The smallest absolute Gasteiger partial charge is 0.209 e. The molecule has 0 atom stereocenters. The van der Waals surface area contributed by atoms with Gasteiger partial charge in [0.05, 0.1) is 5.75 Å². The Bertz CT molecular complexity index is 199. The molecule has 0 heterocycles. The molecule has 0 rings (SSSR count). The maximum Gasteiger partial charge on any atom is 0.209 e. The van der Waals surface area contributed by atoms with Crippen LogP contribution in [0.4, 0.5) is 0 Å². The van der Waals surface area contributed by atoms with Gasteiger partial charge in [-0.05, 0) is 33.5 Å². The number of nitrogens with zero attached hydrogens (tertiary/aromatic N) is 1. The van der Waals surface area contributed by atoms with Crippen molar-refractivity contribution in [3.05, 3.63) is 0 Å². The third-order valence-electron chi connectivity index (χ3n) is 1.53. The topological polar surface area (TPSA) is 63.4 Å². The molecule has 4 nitrogen and oxygen atoms in total. The van der Waals surface area contributed by atoms with Gasteiger partial charge < -0.3 is 4.90 Å². The van der Waals surface area contributed by atoms with Crippen molar-refractivity contribution in [2.75, 3.05) is 26.4 Å². The minimum absolute atomic E-state index is 0.112. The van der Waals surface area contributed by atoms with Crippen molar-refractivity contribution in [2.24, 2.45) is 5.14 Å². The lowest BCUT2D eigenvalue weighted by molar-refractivity contribution is 0.393. The molecule has 0 aromatic carbocycles. The fourth-order valence-electron chi connectivity index (χ4n) is 0.908. The molecule has 12 heavy (non-hydrogen) atoms. The minimum atomic E-state index is -3.24. The molecule has 0 amide bonds. The van der Waals surface area contributed by atoms with E-state index < -0.39 is 10.0 Å². The molecule has 0 bridgehead atoms. The first-order valence-electron chi connectivity index (χ1n) is 4.07. The van der Waals surface area contributed by atoms with Crippen LogP contribution in [0.2, 0.25) is 0 Å². The zero-order valence-electron chi connectivity index (χ0n) is 7.78. The van der Waals surface area contributed by atoms with Crippen LogP contribution in [0.5, 0.6) is 0 Å². The highest BCUT2D eigenvalue weighted by atomic mass is 32.2. The minimum Gasteiger partial charge on any atom is -0.309 e. The molecule has 0 aromatic rings. The SMILES string of the molecule is CN(C)CCCCCS(N)(=O)=O. The van der Waals surface area contributed by atoms with Crippen LogP contribution in [0.3, 0.4) is 0 Å².